The van der Waals surface area contributed by atoms with E-state index in [1.54, 1.807) is 10.7 Å². The molecule has 0 aliphatic carbocycles. The van der Waals surface area contributed by atoms with Crippen molar-refractivity contribution in [1.29, 1.82) is 0 Å². The fourth-order valence-electron chi connectivity index (χ4n) is 1.96. The summed E-state index contributed by atoms with van der Waals surface area (Å²) in [4.78, 5) is 10.3. The number of aromatic nitrogens is 2. The Bertz CT molecular complexity index is 592. The molecule has 0 amide bonds. The van der Waals surface area contributed by atoms with Gasteiger partial charge in [-0.25, -0.2) is 0 Å². The lowest BCUT2D eigenvalue weighted by Gasteiger charge is -2.05. The zero-order valence-corrected chi connectivity index (χ0v) is 11.0. The van der Waals surface area contributed by atoms with Crippen molar-refractivity contribution in [2.24, 2.45) is 7.05 Å². The van der Waals surface area contributed by atoms with Crippen LogP contribution in [0.2, 0.25) is 0 Å². The van der Waals surface area contributed by atoms with Crippen molar-refractivity contribution in [2.75, 3.05) is 5.32 Å². The molecule has 0 radical (unpaired) electrons. The minimum atomic E-state index is -0.396. The molecule has 1 aromatic heterocycles. The van der Waals surface area contributed by atoms with Crippen molar-refractivity contribution in [1.82, 2.24) is 9.78 Å². The maximum absolute atomic E-state index is 10.7. The Morgan fingerprint density at radius 2 is 2.26 bits per heavy atom. The number of hydrogen-bond donors (Lipinski definition) is 1. The van der Waals surface area contributed by atoms with Gasteiger partial charge in [-0.2, -0.15) is 5.10 Å². The van der Waals surface area contributed by atoms with Crippen LogP contribution in [0.4, 0.5) is 11.4 Å². The van der Waals surface area contributed by atoms with Crippen molar-refractivity contribution in [3.63, 3.8) is 0 Å². The van der Waals surface area contributed by atoms with Gasteiger partial charge in [0.15, 0.2) is 0 Å². The normalized spacial score (nSPS) is 10.4. The van der Waals surface area contributed by atoms with Crippen LogP contribution in [0.1, 0.15) is 18.2 Å². The van der Waals surface area contributed by atoms with Crippen LogP contribution in [0.15, 0.2) is 30.5 Å². The predicted octanol–water partition coefficient (Wildman–Crippen LogP) is 2.50. The first-order chi connectivity index (χ1) is 9.10. The average Bonchev–Trinajstić information content (AvgIpc) is 2.77. The molecule has 6 nitrogen and oxygen atoms in total. The molecule has 0 saturated heterocycles. The maximum Gasteiger partial charge on any atom is 0.271 e. The van der Waals surface area contributed by atoms with Gasteiger partial charge in [0.05, 0.1) is 10.6 Å². The summed E-state index contributed by atoms with van der Waals surface area (Å²) in [6.45, 7) is 2.66. The molecule has 0 bridgehead atoms. The minimum absolute atomic E-state index is 0.0897. The molecular formula is C13H16N4O2. The molecule has 1 N–H and O–H groups in total. The number of nitrogens with zero attached hydrogens (tertiary/aromatic N) is 3. The molecular weight excluding hydrogens is 244 g/mol. The first kappa shape index (κ1) is 13.1. The lowest BCUT2D eigenvalue weighted by molar-refractivity contribution is -0.384. The molecule has 0 aliphatic heterocycles. The lowest BCUT2D eigenvalue weighted by Crippen LogP contribution is -2.01. The fourth-order valence-corrected chi connectivity index (χ4v) is 1.96. The van der Waals surface area contributed by atoms with Crippen LogP contribution in [0.25, 0.3) is 0 Å². The van der Waals surface area contributed by atoms with Crippen LogP contribution in [0.5, 0.6) is 0 Å². The number of nitro benzene ring substituents is 1. The summed E-state index contributed by atoms with van der Waals surface area (Å²) < 4.78 is 1.78. The molecule has 0 spiro atoms. The third-order valence-electron chi connectivity index (χ3n) is 2.87. The third kappa shape index (κ3) is 3.09. The molecule has 100 valence electrons. The molecule has 0 fully saturated rings. The number of nitrogens with one attached hydrogen (secondary N) is 1. The zero-order chi connectivity index (χ0) is 13.8. The molecule has 19 heavy (non-hydrogen) atoms. The van der Waals surface area contributed by atoms with Crippen LogP contribution < -0.4 is 5.32 Å². The summed E-state index contributed by atoms with van der Waals surface area (Å²) in [5.41, 5.74) is 2.98. The van der Waals surface area contributed by atoms with E-state index < -0.39 is 4.92 Å². The van der Waals surface area contributed by atoms with E-state index in [4.69, 9.17) is 0 Å². The first-order valence-corrected chi connectivity index (χ1v) is 6.10. The highest BCUT2D eigenvalue weighted by Gasteiger charge is 2.08. The van der Waals surface area contributed by atoms with Gasteiger partial charge in [-0.05, 0) is 12.5 Å². The summed E-state index contributed by atoms with van der Waals surface area (Å²) in [5.74, 6) is 0. The highest BCUT2D eigenvalue weighted by Crippen LogP contribution is 2.18. The molecule has 0 saturated carbocycles. The molecule has 1 heterocycles. The number of hydrogen-bond acceptors (Lipinski definition) is 4. The molecule has 1 aromatic carbocycles. The Morgan fingerprint density at radius 1 is 1.47 bits per heavy atom. The molecule has 0 aliphatic rings. The van der Waals surface area contributed by atoms with Crippen molar-refractivity contribution in [2.45, 2.75) is 19.9 Å². The van der Waals surface area contributed by atoms with Crippen LogP contribution >= 0.6 is 0 Å². The van der Waals surface area contributed by atoms with Crippen LogP contribution in [0.3, 0.4) is 0 Å². The first-order valence-electron chi connectivity index (χ1n) is 6.10. The van der Waals surface area contributed by atoms with Gasteiger partial charge in [-0.3, -0.25) is 14.8 Å². The number of non-ortho nitro benzene ring substituents is 1. The Balaban J connectivity index is 2.09. The Kier molecular flexibility index (Phi) is 3.79. The van der Waals surface area contributed by atoms with E-state index in [0.29, 0.717) is 6.54 Å². The molecule has 2 rings (SSSR count). The third-order valence-corrected chi connectivity index (χ3v) is 2.87. The van der Waals surface area contributed by atoms with Gasteiger partial charge in [0.25, 0.3) is 5.69 Å². The van der Waals surface area contributed by atoms with Gasteiger partial charge in [-0.1, -0.05) is 13.0 Å². The van der Waals surface area contributed by atoms with Crippen molar-refractivity contribution in [3.8, 4) is 0 Å². The van der Waals surface area contributed by atoms with Gasteiger partial charge >= 0.3 is 0 Å². The number of anilines is 1. The number of benzene rings is 1. The highest BCUT2D eigenvalue weighted by molar-refractivity contribution is 5.51. The van der Waals surface area contributed by atoms with E-state index in [1.807, 2.05) is 19.3 Å². The largest absolute Gasteiger partial charge is 0.381 e. The van der Waals surface area contributed by atoms with E-state index in [9.17, 15) is 10.1 Å². The Morgan fingerprint density at radius 3 is 2.95 bits per heavy atom. The lowest BCUT2D eigenvalue weighted by atomic mass is 10.2. The zero-order valence-electron chi connectivity index (χ0n) is 11.0. The van der Waals surface area contributed by atoms with Crippen molar-refractivity contribution in [3.05, 3.63) is 51.8 Å². The van der Waals surface area contributed by atoms with Gasteiger partial charge in [0, 0.05) is 43.2 Å². The summed E-state index contributed by atoms with van der Waals surface area (Å²) in [6, 6.07) is 6.49. The average molecular weight is 260 g/mol. The van der Waals surface area contributed by atoms with Gasteiger partial charge in [0.1, 0.15) is 0 Å². The fraction of sp³-hybridized carbons (Fsp3) is 0.308. The molecule has 6 heteroatoms. The summed E-state index contributed by atoms with van der Waals surface area (Å²) in [7, 11) is 1.88. The Labute approximate surface area is 111 Å². The van der Waals surface area contributed by atoms with Gasteiger partial charge in [0.2, 0.25) is 0 Å². The van der Waals surface area contributed by atoms with Gasteiger partial charge < -0.3 is 5.32 Å². The SMILES string of the molecule is CCc1nn(C)cc1CNc1cccc([N+](=O)[O-])c1. The topological polar surface area (TPSA) is 73.0 Å². The smallest absolute Gasteiger partial charge is 0.271 e. The second kappa shape index (κ2) is 5.51. The van der Waals surface area contributed by atoms with Gasteiger partial charge in [-0.15, -0.1) is 0 Å². The van der Waals surface area contributed by atoms with E-state index in [2.05, 4.69) is 17.3 Å². The standard InChI is InChI=1S/C13H16N4O2/c1-3-13-10(9-16(2)15-13)8-14-11-5-4-6-12(7-11)17(18)19/h4-7,9,14H,3,8H2,1-2H3. The summed E-state index contributed by atoms with van der Waals surface area (Å²) in [5, 5.41) is 18.2. The number of rotatable bonds is 5. The van der Waals surface area contributed by atoms with E-state index >= 15 is 0 Å². The minimum Gasteiger partial charge on any atom is -0.381 e. The second-order valence-electron chi connectivity index (χ2n) is 4.29. The molecule has 0 atom stereocenters. The van der Waals surface area contributed by atoms with E-state index in [-0.39, 0.29) is 5.69 Å². The van der Waals surface area contributed by atoms with Crippen LogP contribution in [-0.4, -0.2) is 14.7 Å². The van der Waals surface area contributed by atoms with E-state index in [1.165, 1.54) is 12.1 Å². The quantitative estimate of drug-likeness (QED) is 0.662. The summed E-state index contributed by atoms with van der Waals surface area (Å²) in [6.07, 6.45) is 2.83. The Hall–Kier alpha value is -2.37. The maximum atomic E-state index is 10.7. The number of aryl methyl sites for hydroxylation is 2. The molecule has 2 aromatic rings. The molecule has 0 unspecified atom stereocenters. The van der Waals surface area contributed by atoms with Crippen LogP contribution in [0, 0.1) is 10.1 Å². The summed E-state index contributed by atoms with van der Waals surface area (Å²) >= 11 is 0. The highest BCUT2D eigenvalue weighted by atomic mass is 16.6. The second-order valence-corrected chi connectivity index (χ2v) is 4.29. The van der Waals surface area contributed by atoms with Crippen molar-refractivity contribution < 1.29 is 4.92 Å². The van der Waals surface area contributed by atoms with Crippen LogP contribution in [-0.2, 0) is 20.0 Å². The van der Waals surface area contributed by atoms with Crippen molar-refractivity contribution >= 4 is 11.4 Å². The van der Waals surface area contributed by atoms with E-state index in [0.717, 1.165) is 23.4 Å². The predicted molar refractivity (Wildman–Crippen MR) is 73.0 cm³/mol. The monoisotopic (exact) mass is 260 g/mol. The number of nitro groups is 1.